The second-order valence-corrected chi connectivity index (χ2v) is 10.8. The van der Waals surface area contributed by atoms with Crippen LogP contribution in [0.2, 0.25) is 5.02 Å². The number of aryl methyl sites for hydroxylation is 1. The molecule has 0 bridgehead atoms. The molecule has 8 heteroatoms. The number of halogens is 1. The molecule has 1 unspecified atom stereocenters. The first kappa shape index (κ1) is 26.2. The third kappa shape index (κ3) is 4.65. The number of dihydropyridines is 1. The van der Waals surface area contributed by atoms with Crippen LogP contribution in [0.25, 0.3) is 11.0 Å². The van der Waals surface area contributed by atoms with E-state index in [1.807, 2.05) is 67.8 Å². The van der Waals surface area contributed by atoms with Crippen LogP contribution in [0.1, 0.15) is 50.9 Å². The Bertz CT molecular complexity index is 1480. The van der Waals surface area contributed by atoms with Crippen molar-refractivity contribution >= 4 is 34.4 Å². The maximum Gasteiger partial charge on any atom is 0.336 e. The number of nitrogens with zero attached hydrogens (tertiary/aromatic N) is 2. The number of imidazole rings is 1. The molecule has 7 nitrogen and oxygen atoms in total. The maximum absolute atomic E-state index is 13.8. The molecule has 5 rings (SSSR count). The van der Waals surface area contributed by atoms with E-state index in [1.54, 1.807) is 13.0 Å². The Kier molecular flexibility index (Phi) is 7.16. The Morgan fingerprint density at radius 1 is 1.18 bits per heavy atom. The number of para-hydroxylation sites is 2. The number of fused-ring (bicyclic) bond motifs is 1. The van der Waals surface area contributed by atoms with Crippen LogP contribution >= 0.6 is 11.6 Å². The van der Waals surface area contributed by atoms with E-state index >= 15 is 0 Å². The number of aromatic nitrogens is 2. The fourth-order valence-electron chi connectivity index (χ4n) is 5.37. The summed E-state index contributed by atoms with van der Waals surface area (Å²) in [6.07, 6.45) is 1.38. The predicted molar refractivity (Wildman–Crippen MR) is 146 cm³/mol. The average Bonchev–Trinajstić information content (AvgIpc) is 3.21. The fourth-order valence-corrected chi connectivity index (χ4v) is 5.62. The molecule has 2 aromatic carbocycles. The number of allylic oxidation sites excluding steroid dienone is 2. The molecule has 2 heterocycles. The zero-order valence-electron chi connectivity index (χ0n) is 22.1. The van der Waals surface area contributed by atoms with E-state index in [-0.39, 0.29) is 25.7 Å². The van der Waals surface area contributed by atoms with Crippen LogP contribution < -0.4 is 5.32 Å². The van der Waals surface area contributed by atoms with Crippen molar-refractivity contribution in [1.29, 1.82) is 0 Å². The normalized spacial score (nSPS) is 19.0. The molecular weight excluding hydrogens is 502 g/mol. The number of benzene rings is 2. The van der Waals surface area contributed by atoms with Gasteiger partial charge < -0.3 is 19.4 Å². The molecule has 0 spiro atoms. The minimum Gasteiger partial charge on any atom is -0.463 e. The van der Waals surface area contributed by atoms with E-state index in [2.05, 4.69) is 10.3 Å². The number of nitrogens with one attached hydrogen (secondary N) is 1. The summed E-state index contributed by atoms with van der Waals surface area (Å²) in [4.78, 5) is 31.9. The summed E-state index contributed by atoms with van der Waals surface area (Å²) in [5.41, 5.74) is 4.36. The molecule has 0 saturated carbocycles. The SMILES string of the molecule is CCOC(=O)C1=C(COCn2c(C)nc3ccccc32)NC2=C(C(=O)C(C)(C)CC2)C1c1ccccc1Cl. The van der Waals surface area contributed by atoms with Crippen LogP contribution in [0.3, 0.4) is 0 Å². The van der Waals surface area contributed by atoms with Crippen LogP contribution in [0.4, 0.5) is 0 Å². The van der Waals surface area contributed by atoms with E-state index in [0.29, 0.717) is 40.3 Å². The van der Waals surface area contributed by atoms with Crippen LogP contribution in [0, 0.1) is 12.3 Å². The van der Waals surface area contributed by atoms with Crippen LogP contribution in [-0.4, -0.2) is 34.5 Å². The predicted octanol–water partition coefficient (Wildman–Crippen LogP) is 5.82. The van der Waals surface area contributed by atoms with E-state index in [4.69, 9.17) is 21.1 Å². The van der Waals surface area contributed by atoms with Gasteiger partial charge in [0.2, 0.25) is 0 Å². The molecule has 1 atom stereocenters. The lowest BCUT2D eigenvalue weighted by atomic mass is 9.67. The van der Waals surface area contributed by atoms with Crippen molar-refractivity contribution in [2.45, 2.75) is 53.2 Å². The first-order valence-corrected chi connectivity index (χ1v) is 13.3. The molecular formula is C30H32ClN3O4. The van der Waals surface area contributed by atoms with Gasteiger partial charge in [-0.15, -0.1) is 0 Å². The Morgan fingerprint density at radius 2 is 1.92 bits per heavy atom. The summed E-state index contributed by atoms with van der Waals surface area (Å²) in [6.45, 7) is 8.18. The number of rotatable bonds is 7. The first-order valence-electron chi connectivity index (χ1n) is 12.9. The molecule has 1 aromatic heterocycles. The molecule has 1 aliphatic heterocycles. The highest BCUT2D eigenvalue weighted by Gasteiger charge is 2.46. The summed E-state index contributed by atoms with van der Waals surface area (Å²) in [5.74, 6) is -0.295. The quantitative estimate of drug-likeness (QED) is 0.385. The minimum absolute atomic E-state index is 0.0125. The van der Waals surface area contributed by atoms with Gasteiger partial charge in [0.25, 0.3) is 0 Å². The standard InChI is InChI=1S/C30H32ClN3O4/c1-5-38-29(36)27-23(16-37-17-34-18(2)32-21-12-8-9-13-24(21)34)33-22-14-15-30(3,4)28(35)26(22)25(27)19-10-6-7-11-20(19)31/h6-13,25,33H,5,14-17H2,1-4H3. The smallest absolute Gasteiger partial charge is 0.336 e. The van der Waals surface area contributed by atoms with Crippen LogP contribution in [-0.2, 0) is 25.8 Å². The van der Waals surface area contributed by atoms with Crippen molar-refractivity contribution < 1.29 is 19.1 Å². The zero-order chi connectivity index (χ0) is 27.0. The Labute approximate surface area is 227 Å². The van der Waals surface area contributed by atoms with Crippen molar-refractivity contribution in [1.82, 2.24) is 14.9 Å². The van der Waals surface area contributed by atoms with Crippen molar-refractivity contribution in [3.8, 4) is 0 Å². The van der Waals surface area contributed by atoms with Gasteiger partial charge in [-0.1, -0.05) is 55.8 Å². The number of esters is 1. The van der Waals surface area contributed by atoms with Gasteiger partial charge >= 0.3 is 5.97 Å². The number of carbonyl (C=O) groups excluding carboxylic acids is 2. The molecule has 198 valence electrons. The molecule has 0 amide bonds. The summed E-state index contributed by atoms with van der Waals surface area (Å²) in [6, 6.07) is 15.2. The highest BCUT2D eigenvalue weighted by Crippen LogP contribution is 2.48. The zero-order valence-corrected chi connectivity index (χ0v) is 22.9. The molecule has 2 aliphatic rings. The van der Waals surface area contributed by atoms with Crippen molar-refractivity contribution in [3.63, 3.8) is 0 Å². The molecule has 3 aromatic rings. The first-order chi connectivity index (χ1) is 18.2. The van der Waals surface area contributed by atoms with Gasteiger partial charge in [0.15, 0.2) is 5.78 Å². The second-order valence-electron chi connectivity index (χ2n) is 10.4. The monoisotopic (exact) mass is 533 g/mol. The number of ether oxygens (including phenoxy) is 2. The molecule has 0 fully saturated rings. The van der Waals surface area contributed by atoms with Gasteiger partial charge in [-0.3, -0.25) is 4.79 Å². The third-order valence-corrected chi connectivity index (χ3v) is 7.76. The largest absolute Gasteiger partial charge is 0.463 e. The molecule has 1 N–H and O–H groups in total. The van der Waals surface area contributed by atoms with Gasteiger partial charge in [0.05, 0.1) is 35.5 Å². The van der Waals surface area contributed by atoms with Crippen molar-refractivity contribution in [2.24, 2.45) is 5.41 Å². The lowest BCUT2D eigenvalue weighted by Gasteiger charge is -2.40. The molecule has 0 radical (unpaired) electrons. The highest BCUT2D eigenvalue weighted by molar-refractivity contribution is 6.31. The topological polar surface area (TPSA) is 82.4 Å². The molecule has 1 aliphatic carbocycles. The number of carbonyl (C=O) groups is 2. The summed E-state index contributed by atoms with van der Waals surface area (Å²) in [7, 11) is 0. The Hall–Kier alpha value is -3.42. The number of hydrogen-bond donors (Lipinski definition) is 1. The van der Waals surface area contributed by atoms with E-state index < -0.39 is 17.3 Å². The Balaban J connectivity index is 1.56. The van der Waals surface area contributed by atoms with Crippen LogP contribution in [0.15, 0.2) is 71.1 Å². The highest BCUT2D eigenvalue weighted by atomic mass is 35.5. The lowest BCUT2D eigenvalue weighted by molar-refractivity contribution is -0.139. The van der Waals surface area contributed by atoms with Crippen LogP contribution in [0.5, 0.6) is 0 Å². The number of Topliss-reactive ketones (excluding diaryl/α,β-unsaturated/α-hetero) is 1. The molecule has 38 heavy (non-hydrogen) atoms. The van der Waals surface area contributed by atoms with Gasteiger partial charge in [-0.05, 0) is 50.5 Å². The number of hydrogen-bond acceptors (Lipinski definition) is 6. The van der Waals surface area contributed by atoms with Crippen molar-refractivity contribution in [3.05, 3.63) is 87.5 Å². The van der Waals surface area contributed by atoms with E-state index in [1.165, 1.54) is 0 Å². The van der Waals surface area contributed by atoms with Gasteiger partial charge in [-0.2, -0.15) is 0 Å². The summed E-state index contributed by atoms with van der Waals surface area (Å²) >= 11 is 6.68. The maximum atomic E-state index is 13.8. The number of ketones is 1. The third-order valence-electron chi connectivity index (χ3n) is 7.41. The lowest BCUT2D eigenvalue weighted by Crippen LogP contribution is -2.42. The van der Waals surface area contributed by atoms with Gasteiger partial charge in [0, 0.05) is 27.6 Å². The molecule has 0 saturated heterocycles. The van der Waals surface area contributed by atoms with E-state index in [9.17, 15) is 9.59 Å². The van der Waals surface area contributed by atoms with Gasteiger partial charge in [-0.25, -0.2) is 9.78 Å². The van der Waals surface area contributed by atoms with Gasteiger partial charge in [0.1, 0.15) is 12.6 Å². The Morgan fingerprint density at radius 3 is 2.68 bits per heavy atom. The minimum atomic E-state index is -0.652. The average molecular weight is 534 g/mol. The van der Waals surface area contributed by atoms with E-state index in [0.717, 1.165) is 22.6 Å². The second kappa shape index (κ2) is 10.4. The fraction of sp³-hybridized carbons (Fsp3) is 0.367. The van der Waals surface area contributed by atoms with Crippen molar-refractivity contribution in [2.75, 3.05) is 13.2 Å². The summed E-state index contributed by atoms with van der Waals surface area (Å²) < 4.78 is 13.7. The summed E-state index contributed by atoms with van der Waals surface area (Å²) in [5, 5.41) is 3.90.